The Morgan fingerprint density at radius 3 is 2.50 bits per heavy atom. The Morgan fingerprint density at radius 2 is 1.88 bits per heavy atom. The van der Waals surface area contributed by atoms with E-state index in [0.717, 1.165) is 41.0 Å². The third kappa shape index (κ3) is 3.06. The molecule has 0 spiro atoms. The average Bonchev–Trinajstić information content (AvgIpc) is 2.86. The number of hydrogen-bond acceptors (Lipinski definition) is 2. The lowest BCUT2D eigenvalue weighted by Crippen LogP contribution is -3.28. The summed E-state index contributed by atoms with van der Waals surface area (Å²) in [7, 11) is 3.69. The van der Waals surface area contributed by atoms with E-state index >= 15 is 0 Å². The van der Waals surface area contributed by atoms with Crippen molar-refractivity contribution in [2.45, 2.75) is 13.8 Å². The van der Waals surface area contributed by atoms with Gasteiger partial charge in [0, 0.05) is 23.6 Å². The molecule has 24 heavy (non-hydrogen) atoms. The third-order valence-corrected chi connectivity index (χ3v) is 5.55. The molecule has 130 valence electrons. The molecule has 1 aliphatic heterocycles. The van der Waals surface area contributed by atoms with Crippen LogP contribution in [-0.2, 0) is 7.05 Å². The number of rotatable bonds is 5. The summed E-state index contributed by atoms with van der Waals surface area (Å²) in [5.41, 5.74) is 3.00. The molecule has 1 saturated heterocycles. The summed E-state index contributed by atoms with van der Waals surface area (Å²) in [4.78, 5) is 16.1. The number of fused-ring (bicyclic) bond motifs is 1. The molecule has 2 aromatic rings. The second-order valence-electron chi connectivity index (χ2n) is 6.86. The Morgan fingerprint density at radius 1 is 1.21 bits per heavy atom. The Hall–Kier alpha value is -1.85. The van der Waals surface area contributed by atoms with Gasteiger partial charge in [-0.1, -0.05) is 0 Å². The number of piperazine rings is 1. The summed E-state index contributed by atoms with van der Waals surface area (Å²) in [6.07, 6.45) is 0. The van der Waals surface area contributed by atoms with Gasteiger partial charge in [0.1, 0.15) is 38.5 Å². The number of Topliss-reactive ketones (excluding diaryl/α,β-unsaturated/α-hetero) is 1. The van der Waals surface area contributed by atoms with Gasteiger partial charge >= 0.3 is 0 Å². The Kier molecular flexibility index (Phi) is 4.92. The van der Waals surface area contributed by atoms with Crippen LogP contribution in [0.3, 0.4) is 0 Å². The number of aryl methyl sites for hydroxylation is 1. The molecule has 0 unspecified atom stereocenters. The fraction of sp³-hybridized carbons (Fsp3) is 0.526. The van der Waals surface area contributed by atoms with Crippen LogP contribution in [0.4, 0.5) is 0 Å². The average molecular weight is 331 g/mol. The molecule has 0 radical (unpaired) electrons. The molecular formula is C19H29N3O2+2. The van der Waals surface area contributed by atoms with Gasteiger partial charge in [-0.2, -0.15) is 0 Å². The van der Waals surface area contributed by atoms with Gasteiger partial charge in [0.2, 0.25) is 5.78 Å². The van der Waals surface area contributed by atoms with Gasteiger partial charge in [0.05, 0.1) is 19.2 Å². The van der Waals surface area contributed by atoms with Crippen molar-refractivity contribution in [3.05, 3.63) is 29.5 Å². The second kappa shape index (κ2) is 6.95. The first kappa shape index (κ1) is 17.0. The third-order valence-electron chi connectivity index (χ3n) is 5.55. The predicted octanol–water partition coefficient (Wildman–Crippen LogP) is -0.519. The molecule has 1 fully saturated rings. The van der Waals surface area contributed by atoms with Gasteiger partial charge in [-0.25, -0.2) is 0 Å². The van der Waals surface area contributed by atoms with E-state index in [1.54, 1.807) is 12.0 Å². The van der Waals surface area contributed by atoms with E-state index in [9.17, 15) is 4.79 Å². The van der Waals surface area contributed by atoms with Gasteiger partial charge in [0.25, 0.3) is 0 Å². The first-order valence-corrected chi connectivity index (χ1v) is 8.88. The molecule has 3 rings (SSSR count). The summed E-state index contributed by atoms with van der Waals surface area (Å²) in [6, 6.07) is 5.98. The molecule has 2 N–H and O–H groups in total. The van der Waals surface area contributed by atoms with Gasteiger partial charge in [-0.05, 0) is 32.0 Å². The summed E-state index contributed by atoms with van der Waals surface area (Å²) < 4.78 is 7.46. The van der Waals surface area contributed by atoms with Crippen LogP contribution in [0.25, 0.3) is 10.9 Å². The first-order valence-electron chi connectivity index (χ1n) is 8.88. The van der Waals surface area contributed by atoms with Crippen LogP contribution in [0.1, 0.15) is 23.0 Å². The number of quaternary nitrogens is 2. The first-order chi connectivity index (χ1) is 11.5. The SMILES string of the molecule is CC[NH+]1CC[NH+](CC(=O)c2c(C)n(C)c3ccc(OC)cc23)CC1. The minimum absolute atomic E-state index is 0.251. The monoisotopic (exact) mass is 331 g/mol. The molecule has 5 nitrogen and oxygen atoms in total. The smallest absolute Gasteiger partial charge is 0.219 e. The van der Waals surface area contributed by atoms with Crippen molar-refractivity contribution < 1.29 is 19.3 Å². The van der Waals surface area contributed by atoms with Crippen molar-refractivity contribution in [3.8, 4) is 5.75 Å². The van der Waals surface area contributed by atoms with E-state index in [0.29, 0.717) is 6.54 Å². The molecule has 1 aromatic heterocycles. The lowest BCUT2D eigenvalue weighted by molar-refractivity contribution is -1.01. The largest absolute Gasteiger partial charge is 0.497 e. The number of hydrogen-bond donors (Lipinski definition) is 2. The highest BCUT2D eigenvalue weighted by Crippen LogP contribution is 2.28. The summed E-state index contributed by atoms with van der Waals surface area (Å²) >= 11 is 0. The van der Waals surface area contributed by atoms with Crippen LogP contribution in [0.5, 0.6) is 5.75 Å². The second-order valence-corrected chi connectivity index (χ2v) is 6.86. The number of ketones is 1. The number of benzene rings is 1. The fourth-order valence-corrected chi connectivity index (χ4v) is 3.83. The molecule has 2 heterocycles. The van der Waals surface area contributed by atoms with Gasteiger partial charge in [-0.3, -0.25) is 4.79 Å². The van der Waals surface area contributed by atoms with Crippen molar-refractivity contribution in [1.29, 1.82) is 0 Å². The zero-order chi connectivity index (χ0) is 17.3. The molecule has 0 saturated carbocycles. The molecular weight excluding hydrogens is 302 g/mol. The van der Waals surface area contributed by atoms with Crippen LogP contribution in [0, 0.1) is 6.92 Å². The van der Waals surface area contributed by atoms with E-state index in [2.05, 4.69) is 11.5 Å². The quantitative estimate of drug-likeness (QED) is 0.724. The lowest BCUT2D eigenvalue weighted by Gasteiger charge is -2.28. The molecule has 1 aromatic carbocycles. The van der Waals surface area contributed by atoms with Crippen LogP contribution in [0.2, 0.25) is 0 Å². The molecule has 0 amide bonds. The maximum absolute atomic E-state index is 13.0. The van der Waals surface area contributed by atoms with E-state index < -0.39 is 0 Å². The summed E-state index contributed by atoms with van der Waals surface area (Å²) in [5.74, 6) is 1.05. The lowest BCUT2D eigenvalue weighted by atomic mass is 10.1. The standard InChI is InChI=1S/C19H27N3O2/c1-5-21-8-10-22(11-9-21)13-18(23)19-14(2)20(3)17-7-6-15(24-4)12-16(17)19/h6-7,12H,5,8-11,13H2,1-4H3/p+2. The predicted molar refractivity (Wildman–Crippen MR) is 95.3 cm³/mol. The minimum Gasteiger partial charge on any atom is -0.497 e. The van der Waals surface area contributed by atoms with Crippen LogP contribution >= 0.6 is 0 Å². The molecule has 5 heteroatoms. The number of methoxy groups -OCH3 is 1. The maximum atomic E-state index is 13.0. The number of likely N-dealkylation sites (N-methyl/N-ethyl adjacent to an activating group) is 1. The molecule has 1 aliphatic rings. The van der Waals surface area contributed by atoms with Crippen molar-refractivity contribution in [1.82, 2.24) is 4.57 Å². The van der Waals surface area contributed by atoms with E-state index in [1.807, 2.05) is 32.2 Å². The van der Waals surface area contributed by atoms with Crippen LogP contribution < -0.4 is 14.5 Å². The summed E-state index contributed by atoms with van der Waals surface area (Å²) in [6.45, 7) is 10.6. The Balaban J connectivity index is 1.85. The molecule has 0 bridgehead atoms. The number of ether oxygens (including phenoxy) is 1. The Bertz CT molecular complexity index is 743. The molecule has 0 aliphatic carbocycles. The van der Waals surface area contributed by atoms with Crippen molar-refractivity contribution >= 4 is 16.7 Å². The zero-order valence-electron chi connectivity index (χ0n) is 15.2. The normalized spacial score (nSPS) is 21.2. The van der Waals surface area contributed by atoms with E-state index in [-0.39, 0.29) is 5.78 Å². The minimum atomic E-state index is 0.251. The van der Waals surface area contributed by atoms with Gasteiger partial charge < -0.3 is 19.1 Å². The number of carbonyl (C=O) groups excluding carboxylic acids is 1. The fourth-order valence-electron chi connectivity index (χ4n) is 3.83. The van der Waals surface area contributed by atoms with Crippen molar-refractivity contribution in [2.75, 3.05) is 46.4 Å². The topological polar surface area (TPSA) is 40.1 Å². The van der Waals surface area contributed by atoms with Crippen LogP contribution in [0.15, 0.2) is 18.2 Å². The van der Waals surface area contributed by atoms with Gasteiger partial charge in [0.15, 0.2) is 0 Å². The highest BCUT2D eigenvalue weighted by atomic mass is 16.5. The highest BCUT2D eigenvalue weighted by molar-refractivity contribution is 6.10. The number of carbonyl (C=O) groups is 1. The number of aromatic nitrogens is 1. The highest BCUT2D eigenvalue weighted by Gasteiger charge is 2.27. The number of nitrogens with one attached hydrogen (secondary N) is 2. The maximum Gasteiger partial charge on any atom is 0.219 e. The van der Waals surface area contributed by atoms with E-state index in [4.69, 9.17) is 4.74 Å². The summed E-state index contributed by atoms with van der Waals surface area (Å²) in [5, 5.41) is 1.01. The van der Waals surface area contributed by atoms with Crippen molar-refractivity contribution in [2.24, 2.45) is 7.05 Å². The van der Waals surface area contributed by atoms with Crippen molar-refractivity contribution in [3.63, 3.8) is 0 Å². The molecule has 0 atom stereocenters. The zero-order valence-corrected chi connectivity index (χ0v) is 15.2. The Labute approximate surface area is 143 Å². The van der Waals surface area contributed by atoms with Gasteiger partial charge in [-0.15, -0.1) is 0 Å². The number of nitrogens with zero attached hydrogens (tertiary/aromatic N) is 1. The van der Waals surface area contributed by atoms with Crippen LogP contribution in [-0.4, -0.2) is 56.7 Å². The van der Waals surface area contributed by atoms with E-state index in [1.165, 1.54) is 24.5 Å².